The highest BCUT2D eigenvalue weighted by Crippen LogP contribution is 2.11. The third-order valence-electron chi connectivity index (χ3n) is 1.89. The molecule has 1 aromatic heterocycles. The molecule has 1 heterocycles. The number of hydrogen-bond donors (Lipinski definition) is 1. The number of rotatable bonds is 0. The number of H-pyrrole nitrogens is 1. The minimum absolute atomic E-state index is 0.269. The lowest BCUT2D eigenvalue weighted by molar-refractivity contribution is 0.637. The molecule has 0 aliphatic carbocycles. The number of nitrogens with zero attached hydrogens (tertiary/aromatic N) is 1. The molecule has 0 spiro atoms. The molecule has 0 atom stereocenters. The molecule has 0 saturated heterocycles. The summed E-state index contributed by atoms with van der Waals surface area (Å²) >= 11 is 0. The van der Waals surface area contributed by atoms with Crippen LogP contribution in [0.5, 0.6) is 0 Å². The Bertz CT molecular complexity index is 483. The van der Waals surface area contributed by atoms with Crippen LogP contribution in [0.25, 0.3) is 11.0 Å². The number of fused-ring (bicyclic) bond motifs is 1. The summed E-state index contributed by atoms with van der Waals surface area (Å²) in [5, 5.41) is 0. The molecule has 2 aromatic rings. The van der Waals surface area contributed by atoms with Crippen LogP contribution >= 0.6 is 0 Å². The van der Waals surface area contributed by atoms with Crippen LogP contribution in [0.2, 0.25) is 0 Å². The van der Waals surface area contributed by atoms with Gasteiger partial charge in [-0.15, -0.1) is 0 Å². The van der Waals surface area contributed by atoms with Gasteiger partial charge in [-0.3, -0.25) is 4.57 Å². The number of nitrogens with one attached hydrogen (secondary N) is 1. The van der Waals surface area contributed by atoms with E-state index in [2.05, 4.69) is 4.98 Å². The number of aryl methyl sites for hydroxylation is 1. The van der Waals surface area contributed by atoms with Gasteiger partial charge in [-0.05, 0) is 12.1 Å². The van der Waals surface area contributed by atoms with E-state index in [1.54, 1.807) is 19.2 Å². The Hall–Kier alpha value is -1.58. The molecule has 3 nitrogen and oxygen atoms in total. The highest BCUT2D eigenvalue weighted by molar-refractivity contribution is 5.75. The van der Waals surface area contributed by atoms with Gasteiger partial charge in [-0.2, -0.15) is 0 Å². The van der Waals surface area contributed by atoms with Gasteiger partial charge in [0.15, 0.2) is 0 Å². The summed E-state index contributed by atoms with van der Waals surface area (Å²) in [6, 6.07) is 4.58. The first kappa shape index (κ1) is 7.09. The molecule has 0 radical (unpaired) electrons. The fraction of sp³-hybridized carbons (Fsp3) is 0.125. The second-order valence-electron chi connectivity index (χ2n) is 2.62. The number of imidazole rings is 1. The second-order valence-corrected chi connectivity index (χ2v) is 2.62. The lowest BCUT2D eigenvalue weighted by Gasteiger charge is -1.92. The lowest BCUT2D eigenvalue weighted by atomic mass is 10.3. The van der Waals surface area contributed by atoms with Crippen LogP contribution in [0, 0.1) is 5.82 Å². The maximum atomic E-state index is 13.0. The van der Waals surface area contributed by atoms with Gasteiger partial charge in [0, 0.05) is 7.05 Å². The lowest BCUT2D eigenvalue weighted by Crippen LogP contribution is -2.11. The van der Waals surface area contributed by atoms with Crippen molar-refractivity contribution in [3.63, 3.8) is 0 Å². The fourth-order valence-corrected chi connectivity index (χ4v) is 1.22. The van der Waals surface area contributed by atoms with E-state index < -0.39 is 5.82 Å². The molecule has 0 saturated carbocycles. The van der Waals surface area contributed by atoms with Crippen molar-refractivity contribution in [2.45, 2.75) is 0 Å². The number of para-hydroxylation sites is 1. The summed E-state index contributed by atoms with van der Waals surface area (Å²) in [5.74, 6) is -0.398. The van der Waals surface area contributed by atoms with Crippen molar-refractivity contribution >= 4 is 11.0 Å². The normalized spacial score (nSPS) is 10.8. The molecule has 62 valence electrons. The smallest absolute Gasteiger partial charge is 0.303 e. The Morgan fingerprint density at radius 1 is 1.50 bits per heavy atom. The minimum atomic E-state index is -0.398. The Balaban J connectivity index is 3.05. The molecule has 0 aliphatic rings. The average Bonchev–Trinajstić information content (AvgIpc) is 2.32. The molecule has 0 fully saturated rings. The van der Waals surface area contributed by atoms with Gasteiger partial charge in [0.1, 0.15) is 11.3 Å². The molecular formula is C8H7FN2O. The van der Waals surface area contributed by atoms with Crippen molar-refractivity contribution in [2.24, 2.45) is 7.05 Å². The molecular weight excluding hydrogens is 159 g/mol. The number of halogens is 1. The first-order valence-electron chi connectivity index (χ1n) is 3.53. The van der Waals surface area contributed by atoms with Crippen molar-refractivity contribution in [1.29, 1.82) is 0 Å². The molecule has 0 amide bonds. The van der Waals surface area contributed by atoms with Crippen LogP contribution in [0.4, 0.5) is 4.39 Å². The number of hydrogen-bond acceptors (Lipinski definition) is 1. The van der Waals surface area contributed by atoms with Gasteiger partial charge < -0.3 is 4.98 Å². The van der Waals surface area contributed by atoms with Gasteiger partial charge in [0.05, 0.1) is 5.52 Å². The first-order chi connectivity index (χ1) is 5.70. The van der Waals surface area contributed by atoms with E-state index in [-0.39, 0.29) is 11.2 Å². The van der Waals surface area contributed by atoms with Crippen LogP contribution in [0.3, 0.4) is 0 Å². The van der Waals surface area contributed by atoms with Gasteiger partial charge >= 0.3 is 5.69 Å². The van der Waals surface area contributed by atoms with E-state index in [0.29, 0.717) is 5.52 Å². The van der Waals surface area contributed by atoms with E-state index in [4.69, 9.17) is 0 Å². The van der Waals surface area contributed by atoms with Gasteiger partial charge in [-0.1, -0.05) is 6.07 Å². The summed E-state index contributed by atoms with van der Waals surface area (Å²) in [6.45, 7) is 0. The van der Waals surface area contributed by atoms with E-state index in [1.165, 1.54) is 10.6 Å². The van der Waals surface area contributed by atoms with Gasteiger partial charge in [0.2, 0.25) is 0 Å². The van der Waals surface area contributed by atoms with E-state index in [9.17, 15) is 9.18 Å². The largest absolute Gasteiger partial charge is 0.326 e. The molecule has 0 unspecified atom stereocenters. The van der Waals surface area contributed by atoms with Crippen LogP contribution in [0.15, 0.2) is 23.0 Å². The summed E-state index contributed by atoms with van der Waals surface area (Å²) < 4.78 is 14.4. The number of aromatic amines is 1. The summed E-state index contributed by atoms with van der Waals surface area (Å²) in [6.07, 6.45) is 0. The highest BCUT2D eigenvalue weighted by Gasteiger charge is 2.05. The molecule has 0 bridgehead atoms. The quantitative estimate of drug-likeness (QED) is 0.623. The van der Waals surface area contributed by atoms with E-state index >= 15 is 0 Å². The zero-order valence-electron chi connectivity index (χ0n) is 6.47. The Labute approximate surface area is 67.4 Å². The van der Waals surface area contributed by atoms with Gasteiger partial charge in [0.25, 0.3) is 0 Å². The van der Waals surface area contributed by atoms with Crippen LogP contribution in [-0.2, 0) is 7.05 Å². The number of benzene rings is 1. The fourth-order valence-electron chi connectivity index (χ4n) is 1.22. The summed E-state index contributed by atoms with van der Waals surface area (Å²) in [7, 11) is 1.60. The first-order valence-corrected chi connectivity index (χ1v) is 3.53. The third-order valence-corrected chi connectivity index (χ3v) is 1.89. The monoisotopic (exact) mass is 166 g/mol. The summed E-state index contributed by atoms with van der Waals surface area (Å²) in [5.41, 5.74) is 0.556. The third kappa shape index (κ3) is 0.777. The maximum absolute atomic E-state index is 13.0. The molecule has 4 heteroatoms. The van der Waals surface area contributed by atoms with Crippen molar-refractivity contribution in [1.82, 2.24) is 9.55 Å². The standard InChI is InChI=1S/C8H7FN2O/c1-11-6-4-2-3-5(9)7(6)10-8(11)12/h2-4H,1H3,(H,10,12). The molecule has 1 aromatic carbocycles. The van der Waals surface area contributed by atoms with Crippen molar-refractivity contribution in [3.8, 4) is 0 Å². The molecule has 0 aliphatic heterocycles. The zero-order valence-corrected chi connectivity index (χ0v) is 6.47. The van der Waals surface area contributed by atoms with Gasteiger partial charge in [-0.25, -0.2) is 9.18 Å². The average molecular weight is 166 g/mol. The SMILES string of the molecule is Cn1c(=O)[nH]c2c(F)cccc21. The Kier molecular flexibility index (Phi) is 1.30. The topological polar surface area (TPSA) is 37.8 Å². The molecule has 2 rings (SSSR count). The highest BCUT2D eigenvalue weighted by atomic mass is 19.1. The Morgan fingerprint density at radius 2 is 2.25 bits per heavy atom. The van der Waals surface area contributed by atoms with E-state index in [0.717, 1.165) is 0 Å². The molecule has 12 heavy (non-hydrogen) atoms. The van der Waals surface area contributed by atoms with Crippen LogP contribution in [0.1, 0.15) is 0 Å². The van der Waals surface area contributed by atoms with Crippen molar-refractivity contribution < 1.29 is 4.39 Å². The maximum Gasteiger partial charge on any atom is 0.326 e. The number of aromatic nitrogens is 2. The Morgan fingerprint density at radius 3 is 2.92 bits per heavy atom. The minimum Gasteiger partial charge on any atom is -0.303 e. The van der Waals surface area contributed by atoms with Crippen molar-refractivity contribution in [2.75, 3.05) is 0 Å². The summed E-state index contributed by atoms with van der Waals surface area (Å²) in [4.78, 5) is 13.5. The van der Waals surface area contributed by atoms with Crippen LogP contribution in [-0.4, -0.2) is 9.55 Å². The predicted molar refractivity (Wildman–Crippen MR) is 43.5 cm³/mol. The zero-order chi connectivity index (χ0) is 8.72. The van der Waals surface area contributed by atoms with Crippen molar-refractivity contribution in [3.05, 3.63) is 34.5 Å². The molecule has 1 N–H and O–H groups in total. The predicted octanol–water partition coefficient (Wildman–Crippen LogP) is 1.01. The van der Waals surface area contributed by atoms with E-state index in [1.807, 2.05) is 0 Å². The van der Waals surface area contributed by atoms with Crippen LogP contribution < -0.4 is 5.69 Å². The second kappa shape index (κ2) is 2.20.